The average molecular weight is 372 g/mol. The number of hydrogen-bond acceptors (Lipinski definition) is 4. The van der Waals surface area contributed by atoms with E-state index in [1.807, 2.05) is 38.4 Å². The molecule has 4 aromatic rings. The molecule has 28 heavy (non-hydrogen) atoms. The fraction of sp³-hybridized carbons (Fsp3) is 0.174. The fourth-order valence-corrected chi connectivity index (χ4v) is 3.22. The molecule has 2 heterocycles. The molecule has 0 amide bonds. The van der Waals surface area contributed by atoms with Crippen LogP contribution >= 0.6 is 0 Å². The molecule has 5 nitrogen and oxygen atoms in total. The van der Waals surface area contributed by atoms with E-state index in [1.165, 1.54) is 5.56 Å². The van der Waals surface area contributed by atoms with Crippen molar-refractivity contribution in [2.45, 2.75) is 6.92 Å². The number of nitrogens with zero attached hydrogens (tertiary/aromatic N) is 3. The van der Waals surface area contributed by atoms with Crippen molar-refractivity contribution >= 4 is 22.8 Å². The zero-order valence-corrected chi connectivity index (χ0v) is 16.6. The monoisotopic (exact) mass is 372 g/mol. The predicted molar refractivity (Wildman–Crippen MR) is 116 cm³/mol. The SMILES string of the molecule is COc1cccc(Nc2c(-c3ccc(N(C)C)cc3)nc3cc(C)ccn23)c1. The van der Waals surface area contributed by atoms with Crippen LogP contribution in [0.2, 0.25) is 0 Å². The molecule has 0 saturated heterocycles. The normalized spacial score (nSPS) is 10.9. The van der Waals surface area contributed by atoms with Crippen molar-refractivity contribution in [3.8, 4) is 17.0 Å². The summed E-state index contributed by atoms with van der Waals surface area (Å²) in [6, 6.07) is 20.5. The van der Waals surface area contributed by atoms with Crippen molar-refractivity contribution in [2.75, 3.05) is 31.4 Å². The summed E-state index contributed by atoms with van der Waals surface area (Å²) in [5.74, 6) is 1.74. The number of fused-ring (bicyclic) bond motifs is 1. The number of rotatable bonds is 5. The lowest BCUT2D eigenvalue weighted by atomic mass is 10.1. The van der Waals surface area contributed by atoms with E-state index in [0.717, 1.165) is 39.8 Å². The summed E-state index contributed by atoms with van der Waals surface area (Å²) in [5.41, 5.74) is 6.19. The average Bonchev–Trinajstić information content (AvgIpc) is 3.05. The molecule has 0 fully saturated rings. The van der Waals surface area contributed by atoms with Gasteiger partial charge in [-0.25, -0.2) is 4.98 Å². The second kappa shape index (κ2) is 7.27. The molecule has 0 saturated carbocycles. The van der Waals surface area contributed by atoms with Gasteiger partial charge in [-0.2, -0.15) is 0 Å². The first-order valence-electron chi connectivity index (χ1n) is 9.23. The molecule has 142 valence electrons. The summed E-state index contributed by atoms with van der Waals surface area (Å²) in [4.78, 5) is 7.00. The largest absolute Gasteiger partial charge is 0.497 e. The Morgan fingerprint density at radius 3 is 2.50 bits per heavy atom. The minimum Gasteiger partial charge on any atom is -0.497 e. The molecule has 0 aliphatic heterocycles. The van der Waals surface area contributed by atoms with Gasteiger partial charge in [0.1, 0.15) is 22.9 Å². The molecule has 2 aromatic carbocycles. The summed E-state index contributed by atoms with van der Waals surface area (Å²) < 4.78 is 7.45. The summed E-state index contributed by atoms with van der Waals surface area (Å²) in [6.45, 7) is 2.08. The van der Waals surface area contributed by atoms with Crippen LogP contribution in [-0.4, -0.2) is 30.6 Å². The van der Waals surface area contributed by atoms with E-state index in [2.05, 4.69) is 64.1 Å². The van der Waals surface area contributed by atoms with Crippen molar-refractivity contribution < 1.29 is 4.74 Å². The van der Waals surface area contributed by atoms with Crippen molar-refractivity contribution in [1.82, 2.24) is 9.38 Å². The van der Waals surface area contributed by atoms with Crippen LogP contribution in [0.4, 0.5) is 17.2 Å². The number of hydrogen-bond donors (Lipinski definition) is 1. The van der Waals surface area contributed by atoms with Gasteiger partial charge in [-0.05, 0) is 48.9 Å². The Balaban J connectivity index is 1.84. The van der Waals surface area contributed by atoms with Gasteiger partial charge in [0.05, 0.1) is 7.11 Å². The molecule has 1 N–H and O–H groups in total. The molecule has 4 rings (SSSR count). The number of ether oxygens (including phenoxy) is 1. The predicted octanol–water partition coefficient (Wildman–Crippen LogP) is 5.13. The molecular formula is C23H24N4O. The van der Waals surface area contributed by atoms with Crippen LogP contribution in [0.1, 0.15) is 5.56 Å². The maximum Gasteiger partial charge on any atom is 0.143 e. The van der Waals surface area contributed by atoms with Gasteiger partial charge in [-0.3, -0.25) is 4.40 Å². The van der Waals surface area contributed by atoms with E-state index in [9.17, 15) is 0 Å². The number of imidazole rings is 1. The van der Waals surface area contributed by atoms with Gasteiger partial charge in [0.15, 0.2) is 0 Å². The molecule has 0 spiro atoms. The topological polar surface area (TPSA) is 41.8 Å². The number of pyridine rings is 1. The highest BCUT2D eigenvalue weighted by Gasteiger charge is 2.15. The van der Waals surface area contributed by atoms with Crippen molar-refractivity contribution in [3.05, 3.63) is 72.4 Å². The highest BCUT2D eigenvalue weighted by atomic mass is 16.5. The van der Waals surface area contributed by atoms with E-state index in [4.69, 9.17) is 9.72 Å². The van der Waals surface area contributed by atoms with E-state index in [1.54, 1.807) is 7.11 Å². The van der Waals surface area contributed by atoms with E-state index in [-0.39, 0.29) is 0 Å². The number of anilines is 3. The van der Waals surface area contributed by atoms with Gasteiger partial charge in [-0.15, -0.1) is 0 Å². The summed E-state index contributed by atoms with van der Waals surface area (Å²) >= 11 is 0. The minimum absolute atomic E-state index is 0.812. The molecule has 0 unspecified atom stereocenters. The van der Waals surface area contributed by atoms with E-state index in [0.29, 0.717) is 0 Å². The second-order valence-electron chi connectivity index (χ2n) is 7.04. The summed E-state index contributed by atoms with van der Waals surface area (Å²) in [6.07, 6.45) is 2.05. The Labute approximate surface area is 165 Å². The van der Waals surface area contributed by atoms with Gasteiger partial charge in [0.25, 0.3) is 0 Å². The molecule has 5 heteroatoms. The van der Waals surface area contributed by atoms with E-state index < -0.39 is 0 Å². The third kappa shape index (κ3) is 3.39. The Morgan fingerprint density at radius 2 is 1.79 bits per heavy atom. The molecule has 2 aromatic heterocycles. The fourth-order valence-electron chi connectivity index (χ4n) is 3.22. The molecule has 0 radical (unpaired) electrons. The number of methoxy groups -OCH3 is 1. The van der Waals surface area contributed by atoms with Crippen molar-refractivity contribution in [2.24, 2.45) is 0 Å². The van der Waals surface area contributed by atoms with Crippen LogP contribution in [-0.2, 0) is 0 Å². The van der Waals surface area contributed by atoms with Gasteiger partial charge >= 0.3 is 0 Å². The number of aromatic nitrogens is 2. The van der Waals surface area contributed by atoms with Crippen molar-refractivity contribution in [3.63, 3.8) is 0 Å². The third-order valence-electron chi connectivity index (χ3n) is 4.77. The van der Waals surface area contributed by atoms with Crippen LogP contribution in [0.15, 0.2) is 66.9 Å². The maximum absolute atomic E-state index is 5.36. The number of aryl methyl sites for hydroxylation is 1. The van der Waals surface area contributed by atoms with Crippen LogP contribution in [0, 0.1) is 6.92 Å². The Kier molecular flexibility index (Phi) is 4.65. The highest BCUT2D eigenvalue weighted by molar-refractivity contribution is 5.80. The standard InChI is InChI=1S/C23H24N4O/c1-16-12-13-27-21(14-16)25-22(17-8-10-19(11-9-17)26(2)3)23(27)24-18-6-5-7-20(15-18)28-4/h5-15,24H,1-4H3. The van der Waals surface area contributed by atoms with Crippen LogP contribution in [0.3, 0.4) is 0 Å². The number of benzene rings is 2. The Hall–Kier alpha value is -3.47. The molecular weight excluding hydrogens is 348 g/mol. The first-order chi connectivity index (χ1) is 13.5. The quantitative estimate of drug-likeness (QED) is 0.527. The van der Waals surface area contributed by atoms with Gasteiger partial charge < -0.3 is 15.0 Å². The Bertz CT molecular complexity index is 1110. The molecule has 0 atom stereocenters. The van der Waals surface area contributed by atoms with Crippen LogP contribution in [0.5, 0.6) is 5.75 Å². The first kappa shape index (κ1) is 17.9. The zero-order valence-electron chi connectivity index (χ0n) is 16.6. The lowest BCUT2D eigenvalue weighted by molar-refractivity contribution is 0.415. The second-order valence-corrected chi connectivity index (χ2v) is 7.04. The van der Waals surface area contributed by atoms with Gasteiger partial charge in [0.2, 0.25) is 0 Å². The molecule has 0 bridgehead atoms. The van der Waals surface area contributed by atoms with E-state index >= 15 is 0 Å². The van der Waals surface area contributed by atoms with Gasteiger partial charge in [-0.1, -0.05) is 18.2 Å². The van der Waals surface area contributed by atoms with Crippen LogP contribution < -0.4 is 15.0 Å². The lowest BCUT2D eigenvalue weighted by Crippen LogP contribution is -2.07. The van der Waals surface area contributed by atoms with Crippen LogP contribution in [0.25, 0.3) is 16.9 Å². The van der Waals surface area contributed by atoms with Gasteiger partial charge in [0, 0.05) is 43.3 Å². The summed E-state index contributed by atoms with van der Waals surface area (Å²) in [5, 5.41) is 3.54. The minimum atomic E-state index is 0.812. The Morgan fingerprint density at radius 1 is 1.00 bits per heavy atom. The molecule has 0 aliphatic carbocycles. The smallest absolute Gasteiger partial charge is 0.143 e. The summed E-state index contributed by atoms with van der Waals surface area (Å²) in [7, 11) is 5.75. The third-order valence-corrected chi connectivity index (χ3v) is 4.77. The molecule has 0 aliphatic rings. The zero-order chi connectivity index (χ0) is 19.7. The highest BCUT2D eigenvalue weighted by Crippen LogP contribution is 2.33. The first-order valence-corrected chi connectivity index (χ1v) is 9.23. The number of nitrogens with one attached hydrogen (secondary N) is 1. The maximum atomic E-state index is 5.36. The lowest BCUT2D eigenvalue weighted by Gasteiger charge is -2.13. The van der Waals surface area contributed by atoms with Crippen molar-refractivity contribution in [1.29, 1.82) is 0 Å².